The lowest BCUT2D eigenvalue weighted by molar-refractivity contribution is 0.0918. The maximum absolute atomic E-state index is 12.4. The lowest BCUT2D eigenvalue weighted by Crippen LogP contribution is -2.42. The largest absolute Gasteiger partial charge is 0.366 e. The van der Waals surface area contributed by atoms with Gasteiger partial charge in [-0.1, -0.05) is 30.3 Å². The number of aromatic nitrogens is 1. The van der Waals surface area contributed by atoms with Gasteiger partial charge in [-0.2, -0.15) is 0 Å². The highest BCUT2D eigenvalue weighted by atomic mass is 16.2. The van der Waals surface area contributed by atoms with Gasteiger partial charge in [-0.05, 0) is 26.3 Å². The van der Waals surface area contributed by atoms with E-state index in [4.69, 9.17) is 0 Å². The number of carbonyl (C=O) groups excluding carboxylic acids is 1. The van der Waals surface area contributed by atoms with Crippen LogP contribution < -0.4 is 10.7 Å². The van der Waals surface area contributed by atoms with Crippen molar-refractivity contribution in [2.45, 2.75) is 26.3 Å². The summed E-state index contributed by atoms with van der Waals surface area (Å²) in [5, 5.41) is 2.80. The van der Waals surface area contributed by atoms with Crippen LogP contribution in [0.15, 0.2) is 47.5 Å². The Labute approximate surface area is 117 Å². The molecule has 1 aromatic carbocycles. The van der Waals surface area contributed by atoms with Gasteiger partial charge in [0.25, 0.3) is 5.91 Å². The van der Waals surface area contributed by atoms with Crippen molar-refractivity contribution in [3.05, 3.63) is 58.5 Å². The van der Waals surface area contributed by atoms with Crippen LogP contribution in [0.2, 0.25) is 0 Å². The number of hydrogen-bond donors (Lipinski definition) is 2. The lowest BCUT2D eigenvalue weighted by Gasteiger charge is -2.20. The topological polar surface area (TPSA) is 62.0 Å². The summed E-state index contributed by atoms with van der Waals surface area (Å²) >= 11 is 0. The molecule has 0 spiro atoms. The molecule has 104 valence electrons. The minimum atomic E-state index is -0.383. The van der Waals surface area contributed by atoms with Gasteiger partial charge in [0.05, 0.1) is 0 Å². The first-order valence-electron chi connectivity index (χ1n) is 6.47. The minimum absolute atomic E-state index is 0.126. The third-order valence-corrected chi connectivity index (χ3v) is 2.76. The quantitative estimate of drug-likeness (QED) is 0.881. The number of rotatable bonds is 2. The summed E-state index contributed by atoms with van der Waals surface area (Å²) in [4.78, 5) is 27.4. The molecule has 4 nitrogen and oxygen atoms in total. The van der Waals surface area contributed by atoms with Crippen molar-refractivity contribution in [3.8, 4) is 11.1 Å². The van der Waals surface area contributed by atoms with Crippen LogP contribution in [0.5, 0.6) is 0 Å². The number of H-pyrrole nitrogens is 1. The smallest absolute Gasteiger partial charge is 0.257 e. The van der Waals surface area contributed by atoms with Crippen LogP contribution in [0.25, 0.3) is 11.1 Å². The maximum atomic E-state index is 12.4. The van der Waals surface area contributed by atoms with Crippen LogP contribution >= 0.6 is 0 Å². The van der Waals surface area contributed by atoms with Crippen LogP contribution in [-0.2, 0) is 0 Å². The zero-order chi connectivity index (χ0) is 14.8. The zero-order valence-corrected chi connectivity index (χ0v) is 11.9. The van der Waals surface area contributed by atoms with Crippen molar-refractivity contribution < 1.29 is 4.79 Å². The van der Waals surface area contributed by atoms with Crippen LogP contribution in [0, 0.1) is 0 Å². The Morgan fingerprint density at radius 3 is 2.35 bits per heavy atom. The highest BCUT2D eigenvalue weighted by Gasteiger charge is 2.19. The highest BCUT2D eigenvalue weighted by Crippen LogP contribution is 2.14. The van der Waals surface area contributed by atoms with E-state index in [9.17, 15) is 9.59 Å². The molecule has 2 rings (SSSR count). The number of pyridine rings is 1. The molecule has 0 aliphatic rings. The number of benzene rings is 1. The van der Waals surface area contributed by atoms with Gasteiger partial charge in [0.15, 0.2) is 0 Å². The first-order valence-corrected chi connectivity index (χ1v) is 6.47. The summed E-state index contributed by atoms with van der Waals surface area (Å²) in [6, 6.07) is 9.28. The fourth-order valence-corrected chi connectivity index (χ4v) is 1.89. The fourth-order valence-electron chi connectivity index (χ4n) is 1.89. The molecule has 2 N–H and O–H groups in total. The molecule has 1 amide bonds. The third kappa shape index (κ3) is 3.15. The van der Waals surface area contributed by atoms with E-state index in [0.29, 0.717) is 5.56 Å². The Balaban J connectivity index is 2.44. The molecular formula is C16H18N2O2. The minimum Gasteiger partial charge on any atom is -0.366 e. The molecule has 2 aromatic rings. The molecule has 0 fully saturated rings. The van der Waals surface area contributed by atoms with Crippen molar-refractivity contribution >= 4 is 5.91 Å². The standard InChI is InChI=1S/C16H18N2O2/c1-16(2,3)18-15(20)13-10-17-9-12(14(13)19)11-7-5-4-6-8-11/h4-10H,1-3H3,(H,17,19)(H,18,20). The van der Waals surface area contributed by atoms with Crippen molar-refractivity contribution in [1.29, 1.82) is 0 Å². The van der Waals surface area contributed by atoms with E-state index < -0.39 is 0 Å². The second kappa shape index (κ2) is 5.33. The van der Waals surface area contributed by atoms with E-state index in [1.165, 1.54) is 6.20 Å². The first-order chi connectivity index (χ1) is 9.38. The monoisotopic (exact) mass is 270 g/mol. The Hall–Kier alpha value is -2.36. The van der Waals surface area contributed by atoms with Crippen molar-refractivity contribution in [3.63, 3.8) is 0 Å². The van der Waals surface area contributed by atoms with Crippen LogP contribution in [-0.4, -0.2) is 16.4 Å². The van der Waals surface area contributed by atoms with Gasteiger partial charge in [-0.15, -0.1) is 0 Å². The van der Waals surface area contributed by atoms with Crippen molar-refractivity contribution in [2.24, 2.45) is 0 Å². The summed E-state index contributed by atoms with van der Waals surface area (Å²) in [5.74, 6) is -0.364. The average molecular weight is 270 g/mol. The zero-order valence-electron chi connectivity index (χ0n) is 11.9. The van der Waals surface area contributed by atoms with E-state index in [2.05, 4.69) is 10.3 Å². The fraction of sp³-hybridized carbons (Fsp3) is 0.250. The number of aromatic amines is 1. The number of carbonyl (C=O) groups is 1. The highest BCUT2D eigenvalue weighted by molar-refractivity contribution is 5.95. The molecule has 0 saturated carbocycles. The Morgan fingerprint density at radius 1 is 1.10 bits per heavy atom. The Bertz CT molecular complexity index is 667. The molecule has 0 bridgehead atoms. The van der Waals surface area contributed by atoms with Gasteiger partial charge in [0.1, 0.15) is 5.56 Å². The molecule has 0 unspecified atom stereocenters. The molecule has 0 saturated heterocycles. The predicted octanol–water partition coefficient (Wildman–Crippen LogP) is 2.57. The summed E-state index contributed by atoms with van der Waals surface area (Å²) < 4.78 is 0. The van der Waals surface area contributed by atoms with Gasteiger partial charge in [0.2, 0.25) is 5.43 Å². The number of amides is 1. The molecule has 20 heavy (non-hydrogen) atoms. The summed E-state index contributed by atoms with van der Waals surface area (Å²) in [5.41, 5.74) is 0.760. The van der Waals surface area contributed by atoms with Gasteiger partial charge in [-0.25, -0.2) is 0 Å². The van der Waals surface area contributed by atoms with Crippen LogP contribution in [0.4, 0.5) is 0 Å². The SMILES string of the molecule is CC(C)(C)NC(=O)c1c[nH]cc(-c2ccccc2)c1=O. The summed E-state index contributed by atoms with van der Waals surface area (Å²) in [7, 11) is 0. The van der Waals surface area contributed by atoms with Crippen molar-refractivity contribution in [2.75, 3.05) is 0 Å². The second-order valence-electron chi connectivity index (χ2n) is 5.68. The normalized spacial score (nSPS) is 11.2. The Kier molecular flexibility index (Phi) is 3.74. The molecule has 0 radical (unpaired) electrons. The lowest BCUT2D eigenvalue weighted by atomic mass is 10.0. The van der Waals surface area contributed by atoms with Gasteiger partial charge < -0.3 is 10.3 Å². The summed E-state index contributed by atoms with van der Waals surface area (Å²) in [6.45, 7) is 5.63. The number of nitrogens with one attached hydrogen (secondary N) is 2. The predicted molar refractivity (Wildman–Crippen MR) is 79.7 cm³/mol. The van der Waals surface area contributed by atoms with E-state index in [0.717, 1.165) is 5.56 Å². The van der Waals surface area contributed by atoms with Gasteiger partial charge >= 0.3 is 0 Å². The molecule has 0 aliphatic heterocycles. The van der Waals surface area contributed by atoms with Crippen LogP contribution in [0.1, 0.15) is 31.1 Å². The Morgan fingerprint density at radius 2 is 1.75 bits per heavy atom. The van der Waals surface area contributed by atoms with E-state index in [-0.39, 0.29) is 22.4 Å². The molecule has 1 heterocycles. The van der Waals surface area contributed by atoms with Gasteiger partial charge in [0, 0.05) is 23.5 Å². The molecular weight excluding hydrogens is 252 g/mol. The second-order valence-corrected chi connectivity index (χ2v) is 5.68. The van der Waals surface area contributed by atoms with Gasteiger partial charge in [-0.3, -0.25) is 9.59 Å². The first kappa shape index (κ1) is 14.1. The number of hydrogen-bond acceptors (Lipinski definition) is 2. The maximum Gasteiger partial charge on any atom is 0.257 e. The molecule has 0 atom stereocenters. The van der Waals surface area contributed by atoms with E-state index >= 15 is 0 Å². The average Bonchev–Trinajstić information content (AvgIpc) is 2.38. The van der Waals surface area contributed by atoms with Crippen molar-refractivity contribution in [1.82, 2.24) is 10.3 Å². The van der Waals surface area contributed by atoms with E-state index in [1.807, 2.05) is 51.1 Å². The molecule has 0 aliphatic carbocycles. The molecule has 4 heteroatoms. The van der Waals surface area contributed by atoms with E-state index in [1.54, 1.807) is 6.20 Å². The summed E-state index contributed by atoms with van der Waals surface area (Å²) in [6.07, 6.45) is 3.06. The molecule has 1 aromatic heterocycles. The van der Waals surface area contributed by atoms with Crippen LogP contribution in [0.3, 0.4) is 0 Å². The third-order valence-electron chi connectivity index (χ3n) is 2.76.